The van der Waals surface area contributed by atoms with Crippen molar-refractivity contribution in [3.05, 3.63) is 22.2 Å². The number of nitrogens with one attached hydrogen (secondary N) is 1. The fourth-order valence-corrected chi connectivity index (χ4v) is 5.36. The maximum Gasteiger partial charge on any atom is 0.211 e. The molecule has 1 aromatic carbocycles. The van der Waals surface area contributed by atoms with Gasteiger partial charge in [0.15, 0.2) is 0 Å². The van der Waals surface area contributed by atoms with Crippen molar-refractivity contribution in [1.29, 1.82) is 0 Å². The van der Waals surface area contributed by atoms with E-state index < -0.39 is 0 Å². The van der Waals surface area contributed by atoms with Gasteiger partial charge in [0.25, 0.3) is 0 Å². The summed E-state index contributed by atoms with van der Waals surface area (Å²) in [5, 5.41) is 1.76. The lowest BCUT2D eigenvalue weighted by atomic mass is 9.74. The van der Waals surface area contributed by atoms with E-state index in [1.165, 1.54) is 37.3 Å². The summed E-state index contributed by atoms with van der Waals surface area (Å²) in [5.41, 5.74) is 3.77. The summed E-state index contributed by atoms with van der Waals surface area (Å²) in [6.07, 6.45) is 3.26. The number of fused-ring (bicyclic) bond motifs is 3. The van der Waals surface area contributed by atoms with Crippen LogP contribution in [-0.2, 0) is 4.84 Å². The van der Waals surface area contributed by atoms with Gasteiger partial charge in [-0.25, -0.2) is 9.98 Å². The molecule has 0 aliphatic carbocycles. The zero-order valence-corrected chi connectivity index (χ0v) is 15.2. The van der Waals surface area contributed by atoms with Crippen LogP contribution < -0.4 is 5.48 Å². The van der Waals surface area contributed by atoms with Crippen molar-refractivity contribution in [2.45, 2.75) is 24.9 Å². The molecule has 0 radical (unpaired) electrons. The number of rotatable bonds is 1. The number of hydroxylamine groups is 1. The molecule has 1 spiro atoms. The standard InChI is InChI=1S/C16H16Cl2N4OS/c17-10-5-12-13(6-11(10)18)24-15(19-12)20-14-7-16(23-21-14)8-22-3-1-9(16)2-4-22/h5-6,9H,1-4,7-8H2,(H,19,20,21)/t16-/m0/s1. The topological polar surface area (TPSA) is 49.8 Å². The van der Waals surface area contributed by atoms with Crippen molar-refractivity contribution in [2.24, 2.45) is 10.9 Å². The Labute approximate surface area is 153 Å². The quantitative estimate of drug-likeness (QED) is 0.808. The Morgan fingerprint density at radius 3 is 2.83 bits per heavy atom. The number of hydrogen-bond donors (Lipinski definition) is 1. The molecule has 0 unspecified atom stereocenters. The Morgan fingerprint density at radius 1 is 1.29 bits per heavy atom. The first-order chi connectivity index (χ1) is 11.6. The summed E-state index contributed by atoms with van der Waals surface area (Å²) in [7, 11) is 0. The van der Waals surface area contributed by atoms with Crippen LogP contribution in [0, 0.1) is 5.92 Å². The van der Waals surface area contributed by atoms with Crippen LogP contribution in [0.2, 0.25) is 10.0 Å². The molecule has 5 nitrogen and oxygen atoms in total. The number of benzene rings is 1. The fraction of sp³-hybridized carbons (Fsp3) is 0.500. The van der Waals surface area contributed by atoms with Gasteiger partial charge in [-0.2, -0.15) is 0 Å². The van der Waals surface area contributed by atoms with Crippen LogP contribution in [0.4, 0.5) is 5.13 Å². The lowest BCUT2D eigenvalue weighted by Gasteiger charge is -2.49. The molecule has 4 saturated heterocycles. The first kappa shape index (κ1) is 15.3. The molecule has 1 N–H and O–H groups in total. The molecule has 4 aliphatic rings. The minimum Gasteiger partial charge on any atom is -0.300 e. The molecule has 4 aliphatic heterocycles. The monoisotopic (exact) mass is 382 g/mol. The Hall–Kier alpha value is -0.920. The van der Waals surface area contributed by atoms with E-state index in [-0.39, 0.29) is 5.60 Å². The van der Waals surface area contributed by atoms with Crippen molar-refractivity contribution in [1.82, 2.24) is 15.4 Å². The molecular weight excluding hydrogens is 367 g/mol. The fourth-order valence-electron chi connectivity index (χ4n) is 4.09. The smallest absolute Gasteiger partial charge is 0.211 e. The van der Waals surface area contributed by atoms with Gasteiger partial charge in [-0.3, -0.25) is 10.3 Å². The number of halogens is 2. The van der Waals surface area contributed by atoms with Gasteiger partial charge in [-0.15, -0.1) is 0 Å². The summed E-state index contributed by atoms with van der Waals surface area (Å²) in [4.78, 5) is 17.7. The lowest BCUT2D eigenvalue weighted by molar-refractivity contribution is -0.150. The molecule has 8 heteroatoms. The van der Waals surface area contributed by atoms with Crippen molar-refractivity contribution in [2.75, 3.05) is 19.6 Å². The second-order valence-corrected chi connectivity index (χ2v) is 8.61. The summed E-state index contributed by atoms with van der Waals surface area (Å²) in [6, 6.07) is 3.63. The minimum atomic E-state index is -0.112. The van der Waals surface area contributed by atoms with E-state index in [1.54, 1.807) is 6.07 Å². The summed E-state index contributed by atoms with van der Waals surface area (Å²) >= 11 is 13.6. The molecule has 2 bridgehead atoms. The summed E-state index contributed by atoms with van der Waals surface area (Å²) in [5.74, 6) is 1.48. The largest absolute Gasteiger partial charge is 0.300 e. The van der Waals surface area contributed by atoms with Gasteiger partial charge < -0.3 is 4.90 Å². The van der Waals surface area contributed by atoms with Crippen molar-refractivity contribution >= 4 is 55.7 Å². The number of aromatic nitrogens is 1. The van der Waals surface area contributed by atoms with E-state index >= 15 is 0 Å². The third-order valence-corrected chi connectivity index (χ3v) is 6.95. The van der Waals surface area contributed by atoms with E-state index in [4.69, 9.17) is 28.0 Å². The Kier molecular flexibility index (Phi) is 3.54. The van der Waals surface area contributed by atoms with Crippen LogP contribution >= 0.6 is 34.5 Å². The molecule has 24 heavy (non-hydrogen) atoms. The zero-order chi connectivity index (χ0) is 16.3. The zero-order valence-electron chi connectivity index (χ0n) is 12.9. The second kappa shape index (κ2) is 5.54. The molecule has 1 aromatic heterocycles. The van der Waals surface area contributed by atoms with Gasteiger partial charge in [0.2, 0.25) is 5.13 Å². The van der Waals surface area contributed by atoms with E-state index in [9.17, 15) is 0 Å². The van der Waals surface area contributed by atoms with Gasteiger partial charge in [-0.05, 0) is 44.0 Å². The van der Waals surface area contributed by atoms with Gasteiger partial charge in [0.05, 0.1) is 20.3 Å². The molecule has 0 amide bonds. The SMILES string of the molecule is Clc1cc2nc(N=C3C[C@@]4(CN5CCC4CC5)ON3)sc2cc1Cl. The van der Waals surface area contributed by atoms with Gasteiger partial charge in [-0.1, -0.05) is 34.5 Å². The van der Waals surface area contributed by atoms with Crippen molar-refractivity contribution in [3.63, 3.8) is 0 Å². The lowest BCUT2D eigenvalue weighted by Crippen LogP contribution is -2.59. The number of amidine groups is 1. The van der Waals surface area contributed by atoms with Crippen LogP contribution in [0.25, 0.3) is 10.2 Å². The summed E-state index contributed by atoms with van der Waals surface area (Å²) in [6.45, 7) is 3.39. The van der Waals surface area contributed by atoms with Crippen molar-refractivity contribution in [3.8, 4) is 0 Å². The van der Waals surface area contributed by atoms with Crippen LogP contribution in [0.5, 0.6) is 0 Å². The van der Waals surface area contributed by atoms with Gasteiger partial charge >= 0.3 is 0 Å². The van der Waals surface area contributed by atoms with Crippen LogP contribution in [-0.4, -0.2) is 41.0 Å². The first-order valence-electron chi connectivity index (χ1n) is 8.11. The molecule has 1 atom stereocenters. The van der Waals surface area contributed by atoms with Crippen LogP contribution in [0.3, 0.4) is 0 Å². The highest BCUT2D eigenvalue weighted by molar-refractivity contribution is 7.22. The highest BCUT2D eigenvalue weighted by atomic mass is 35.5. The van der Waals surface area contributed by atoms with Gasteiger partial charge in [0.1, 0.15) is 11.4 Å². The van der Waals surface area contributed by atoms with Crippen LogP contribution in [0.1, 0.15) is 19.3 Å². The predicted octanol–water partition coefficient (Wildman–Crippen LogP) is 4.02. The van der Waals surface area contributed by atoms with Crippen molar-refractivity contribution < 1.29 is 4.84 Å². The molecule has 4 fully saturated rings. The molecule has 5 heterocycles. The third kappa shape index (κ3) is 2.44. The number of thiazole rings is 1. The molecular formula is C16H16Cl2N4OS. The molecule has 0 saturated carbocycles. The van der Waals surface area contributed by atoms with Crippen LogP contribution in [0.15, 0.2) is 17.1 Å². The highest BCUT2D eigenvalue weighted by Crippen LogP contribution is 2.43. The van der Waals surface area contributed by atoms with E-state index in [0.717, 1.165) is 29.0 Å². The average molecular weight is 383 g/mol. The minimum absolute atomic E-state index is 0.112. The van der Waals surface area contributed by atoms with E-state index in [0.29, 0.717) is 21.1 Å². The third-order valence-electron chi connectivity index (χ3n) is 5.31. The Morgan fingerprint density at radius 2 is 2.08 bits per heavy atom. The average Bonchev–Trinajstić information content (AvgIpc) is 3.13. The molecule has 126 valence electrons. The van der Waals surface area contributed by atoms with Gasteiger partial charge in [0, 0.05) is 13.0 Å². The predicted molar refractivity (Wildman–Crippen MR) is 97.5 cm³/mol. The normalized spacial score (nSPS) is 33.7. The Bertz CT molecular complexity index is 807. The maximum atomic E-state index is 6.07. The number of hydrogen-bond acceptors (Lipinski definition) is 5. The van der Waals surface area contributed by atoms with E-state index in [2.05, 4.69) is 20.4 Å². The Balaban J connectivity index is 1.43. The second-order valence-electron chi connectivity index (χ2n) is 6.79. The number of aliphatic imine (C=N–C) groups is 1. The van der Waals surface area contributed by atoms with E-state index in [1.807, 2.05) is 6.07 Å². The highest BCUT2D eigenvalue weighted by Gasteiger charge is 2.52. The maximum absolute atomic E-state index is 6.07. The molecule has 2 aromatic rings. The number of piperidine rings is 3. The molecule has 6 rings (SSSR count). The summed E-state index contributed by atoms with van der Waals surface area (Å²) < 4.78 is 0.986. The number of nitrogens with zero attached hydrogens (tertiary/aromatic N) is 3. The first-order valence-corrected chi connectivity index (χ1v) is 9.68.